The van der Waals surface area contributed by atoms with E-state index in [0.717, 1.165) is 27.4 Å². The molecule has 0 saturated carbocycles. The minimum atomic E-state index is -0.390. The molecule has 1 aromatic carbocycles. The van der Waals surface area contributed by atoms with E-state index in [-0.39, 0.29) is 5.91 Å². The van der Waals surface area contributed by atoms with Crippen molar-refractivity contribution in [3.8, 4) is 10.4 Å². The van der Waals surface area contributed by atoms with Gasteiger partial charge in [0, 0.05) is 33.4 Å². The summed E-state index contributed by atoms with van der Waals surface area (Å²) in [5.74, 6) is -0.390. The summed E-state index contributed by atoms with van der Waals surface area (Å²) in [4.78, 5) is 13.1. The Morgan fingerprint density at radius 1 is 1.22 bits per heavy atom. The maximum absolute atomic E-state index is 12.0. The van der Waals surface area contributed by atoms with E-state index in [1.807, 2.05) is 55.6 Å². The van der Waals surface area contributed by atoms with Gasteiger partial charge in [-0.2, -0.15) is 0 Å². The lowest BCUT2D eigenvalue weighted by molar-refractivity contribution is 0.1000. The van der Waals surface area contributed by atoms with Crippen LogP contribution in [0.3, 0.4) is 0 Å². The van der Waals surface area contributed by atoms with Crippen LogP contribution in [0.2, 0.25) is 5.02 Å². The van der Waals surface area contributed by atoms with Crippen molar-refractivity contribution in [1.29, 1.82) is 0 Å². The van der Waals surface area contributed by atoms with Crippen molar-refractivity contribution in [2.75, 3.05) is 0 Å². The first-order valence-corrected chi connectivity index (χ1v) is 8.52. The van der Waals surface area contributed by atoms with Crippen LogP contribution in [0.5, 0.6) is 0 Å². The van der Waals surface area contributed by atoms with Crippen molar-refractivity contribution in [2.45, 2.75) is 20.4 Å². The minimum Gasteiger partial charge on any atom is -0.366 e. The number of halogens is 1. The summed E-state index contributed by atoms with van der Waals surface area (Å²) < 4.78 is 2.13. The second-order valence-electron chi connectivity index (χ2n) is 5.48. The van der Waals surface area contributed by atoms with Gasteiger partial charge in [-0.3, -0.25) is 4.79 Å². The van der Waals surface area contributed by atoms with E-state index in [1.54, 1.807) is 11.3 Å². The lowest BCUT2D eigenvalue weighted by atomic mass is 10.1. The van der Waals surface area contributed by atoms with E-state index in [0.29, 0.717) is 17.1 Å². The third-order valence-electron chi connectivity index (χ3n) is 4.03. The molecule has 118 valence electrons. The van der Waals surface area contributed by atoms with Crippen LogP contribution in [0.15, 0.2) is 41.8 Å². The van der Waals surface area contributed by atoms with Crippen molar-refractivity contribution in [1.82, 2.24) is 4.57 Å². The molecule has 5 heteroatoms. The Labute approximate surface area is 144 Å². The summed E-state index contributed by atoms with van der Waals surface area (Å²) >= 11 is 7.69. The first-order chi connectivity index (χ1) is 11.0. The zero-order valence-electron chi connectivity index (χ0n) is 13.0. The second-order valence-corrected chi connectivity index (χ2v) is 6.86. The summed E-state index contributed by atoms with van der Waals surface area (Å²) in [6.45, 7) is 4.62. The van der Waals surface area contributed by atoms with Gasteiger partial charge in [-0.1, -0.05) is 29.8 Å². The molecule has 3 aromatic rings. The van der Waals surface area contributed by atoms with Gasteiger partial charge in [0.1, 0.15) is 0 Å². The monoisotopic (exact) mass is 344 g/mol. The largest absolute Gasteiger partial charge is 0.366 e. The zero-order chi connectivity index (χ0) is 16.6. The van der Waals surface area contributed by atoms with Gasteiger partial charge in [0.2, 0.25) is 0 Å². The first-order valence-electron chi connectivity index (χ1n) is 7.27. The van der Waals surface area contributed by atoms with E-state index in [9.17, 15) is 4.79 Å². The predicted molar refractivity (Wildman–Crippen MR) is 96.3 cm³/mol. The summed E-state index contributed by atoms with van der Waals surface area (Å²) in [6, 6.07) is 11.7. The lowest BCUT2D eigenvalue weighted by Crippen LogP contribution is -2.13. The molecule has 0 radical (unpaired) electrons. The number of primary amides is 1. The molecule has 2 N–H and O–H groups in total. The highest BCUT2D eigenvalue weighted by Gasteiger charge is 2.23. The highest BCUT2D eigenvalue weighted by atomic mass is 35.5. The Hall–Kier alpha value is -2.04. The smallest absolute Gasteiger partial charge is 0.251 e. The van der Waals surface area contributed by atoms with E-state index in [4.69, 9.17) is 17.3 Å². The highest BCUT2D eigenvalue weighted by molar-refractivity contribution is 7.13. The number of hydrogen-bond donors (Lipinski definition) is 1. The van der Waals surface area contributed by atoms with Crippen LogP contribution in [0, 0.1) is 13.8 Å². The number of rotatable bonds is 4. The molecule has 23 heavy (non-hydrogen) atoms. The van der Waals surface area contributed by atoms with Gasteiger partial charge in [0.25, 0.3) is 5.91 Å². The van der Waals surface area contributed by atoms with E-state index >= 15 is 0 Å². The third kappa shape index (κ3) is 2.92. The normalized spacial score (nSPS) is 10.9. The molecule has 3 nitrogen and oxygen atoms in total. The molecular formula is C18H17ClN2OS. The number of thiophene rings is 1. The summed E-state index contributed by atoms with van der Waals surface area (Å²) in [7, 11) is 0. The van der Waals surface area contributed by atoms with Gasteiger partial charge in [-0.25, -0.2) is 0 Å². The molecule has 0 bridgehead atoms. The topological polar surface area (TPSA) is 48.0 Å². The average Bonchev–Trinajstić information content (AvgIpc) is 3.09. The summed E-state index contributed by atoms with van der Waals surface area (Å²) in [5.41, 5.74) is 10.2. The molecule has 3 rings (SSSR count). The fraction of sp³-hybridized carbons (Fsp3) is 0.167. The van der Waals surface area contributed by atoms with E-state index < -0.39 is 0 Å². The van der Waals surface area contributed by atoms with Gasteiger partial charge < -0.3 is 10.3 Å². The molecule has 0 atom stereocenters. The van der Waals surface area contributed by atoms with Crippen molar-refractivity contribution >= 4 is 28.8 Å². The molecule has 0 unspecified atom stereocenters. The standard InChI is InChI=1S/C18H17ClN2OS/c1-11-16(15-7-4-8-23-15)17(18(20)22)12(2)21(11)10-13-5-3-6-14(19)9-13/h3-9H,10H2,1-2H3,(H2,20,22). The Morgan fingerprint density at radius 2 is 2.00 bits per heavy atom. The lowest BCUT2D eigenvalue weighted by Gasteiger charge is -2.10. The van der Waals surface area contributed by atoms with Crippen LogP contribution in [0.4, 0.5) is 0 Å². The van der Waals surface area contributed by atoms with Crippen LogP contribution in [-0.2, 0) is 6.54 Å². The number of nitrogens with zero attached hydrogens (tertiary/aromatic N) is 1. The SMILES string of the molecule is Cc1c(C(N)=O)c(-c2cccs2)c(C)n1Cc1cccc(Cl)c1. The van der Waals surface area contributed by atoms with Crippen LogP contribution >= 0.6 is 22.9 Å². The van der Waals surface area contributed by atoms with Crippen LogP contribution in [-0.4, -0.2) is 10.5 Å². The molecule has 0 aliphatic rings. The maximum Gasteiger partial charge on any atom is 0.251 e. The van der Waals surface area contributed by atoms with Crippen LogP contribution < -0.4 is 5.73 Å². The van der Waals surface area contributed by atoms with Gasteiger partial charge in [0.15, 0.2) is 0 Å². The van der Waals surface area contributed by atoms with Crippen LogP contribution in [0.25, 0.3) is 10.4 Å². The molecule has 0 aliphatic heterocycles. The molecule has 0 fully saturated rings. The van der Waals surface area contributed by atoms with E-state index in [1.165, 1.54) is 0 Å². The minimum absolute atomic E-state index is 0.390. The van der Waals surface area contributed by atoms with Crippen molar-refractivity contribution in [2.24, 2.45) is 5.73 Å². The molecule has 1 amide bonds. The molecule has 0 spiro atoms. The number of aromatic nitrogens is 1. The van der Waals surface area contributed by atoms with Gasteiger partial charge in [-0.05, 0) is 43.0 Å². The number of amides is 1. The second kappa shape index (κ2) is 6.22. The molecule has 2 aromatic heterocycles. The molecule has 0 aliphatic carbocycles. The fourth-order valence-corrected chi connectivity index (χ4v) is 4.00. The molecule has 0 saturated heterocycles. The number of nitrogens with two attached hydrogens (primary N) is 1. The van der Waals surface area contributed by atoms with E-state index in [2.05, 4.69) is 4.57 Å². The quantitative estimate of drug-likeness (QED) is 0.736. The zero-order valence-corrected chi connectivity index (χ0v) is 14.5. The summed E-state index contributed by atoms with van der Waals surface area (Å²) in [6.07, 6.45) is 0. The number of hydrogen-bond acceptors (Lipinski definition) is 2. The van der Waals surface area contributed by atoms with Crippen molar-refractivity contribution in [3.05, 3.63) is 69.3 Å². The van der Waals surface area contributed by atoms with Gasteiger partial charge in [-0.15, -0.1) is 11.3 Å². The summed E-state index contributed by atoms with van der Waals surface area (Å²) in [5, 5.41) is 2.71. The Morgan fingerprint density at radius 3 is 2.61 bits per heavy atom. The molecular weight excluding hydrogens is 328 g/mol. The Bertz CT molecular complexity index is 866. The van der Waals surface area contributed by atoms with Gasteiger partial charge >= 0.3 is 0 Å². The predicted octanol–water partition coefficient (Wildman–Crippen LogP) is 4.63. The Balaban J connectivity index is 2.15. The fourth-order valence-electron chi connectivity index (χ4n) is 2.96. The highest BCUT2D eigenvalue weighted by Crippen LogP contribution is 2.35. The third-order valence-corrected chi connectivity index (χ3v) is 5.15. The number of benzene rings is 1. The number of carbonyl (C=O) groups excluding carboxylic acids is 1. The van der Waals surface area contributed by atoms with Crippen molar-refractivity contribution < 1.29 is 4.79 Å². The Kier molecular flexibility index (Phi) is 4.28. The molecule has 2 heterocycles. The first kappa shape index (κ1) is 15.8. The maximum atomic E-state index is 12.0. The number of carbonyl (C=O) groups is 1. The van der Waals surface area contributed by atoms with Crippen molar-refractivity contribution in [3.63, 3.8) is 0 Å². The van der Waals surface area contributed by atoms with Gasteiger partial charge in [0.05, 0.1) is 5.56 Å². The van der Waals surface area contributed by atoms with Crippen LogP contribution in [0.1, 0.15) is 27.3 Å². The average molecular weight is 345 g/mol.